The van der Waals surface area contributed by atoms with Gasteiger partial charge in [0.25, 0.3) is 5.91 Å². The number of esters is 5. The van der Waals surface area contributed by atoms with Gasteiger partial charge in [-0.15, -0.1) is 0 Å². The SMILES string of the molecule is N=C(N)Nc1cc(C(=O)NCC(=O)NC(CC(=O)O)c2cc(OC3OC(COC(=O)c4ccccc4)C(OC(=O)c4ccccc4)C(OC(=O)c4ccccc4)C3OC(=O)c3ccccc3)c(OC(=O)c3ccccc3)cc2O)cc(C(F)(F)F)c1. The third-order valence-corrected chi connectivity index (χ3v) is 12.6. The number of anilines is 1. The maximum Gasteiger partial charge on any atom is 0.416 e. The fourth-order valence-electron chi connectivity index (χ4n) is 8.57. The number of amides is 2. The van der Waals surface area contributed by atoms with Gasteiger partial charge in [-0.2, -0.15) is 13.2 Å². The predicted molar refractivity (Wildman–Crippen MR) is 295 cm³/mol. The summed E-state index contributed by atoms with van der Waals surface area (Å²) in [7, 11) is 0. The third-order valence-electron chi connectivity index (χ3n) is 12.6. The number of phenols is 1. The normalized spacial score (nSPS) is 16.6. The summed E-state index contributed by atoms with van der Waals surface area (Å²) in [6, 6.07) is 39.1. The van der Waals surface area contributed by atoms with E-state index in [1.165, 1.54) is 109 Å². The van der Waals surface area contributed by atoms with Gasteiger partial charge in [0.2, 0.25) is 18.3 Å². The molecule has 0 saturated carbocycles. The molecule has 25 heteroatoms. The van der Waals surface area contributed by atoms with Crippen LogP contribution in [0.2, 0.25) is 0 Å². The summed E-state index contributed by atoms with van der Waals surface area (Å²) < 4.78 is 84.4. The van der Waals surface area contributed by atoms with Gasteiger partial charge in [0.05, 0.1) is 52.4 Å². The highest BCUT2D eigenvalue weighted by molar-refractivity contribution is 5.99. The zero-order valence-electron chi connectivity index (χ0n) is 44.6. The Bertz CT molecular complexity index is 3620. The smallest absolute Gasteiger partial charge is 0.416 e. The minimum atomic E-state index is -4.97. The molecular formula is C61H50F3N5O17. The average Bonchev–Trinajstić information content (AvgIpc) is 1.08. The van der Waals surface area contributed by atoms with Gasteiger partial charge in [0.1, 0.15) is 18.5 Å². The number of aromatic hydroxyl groups is 1. The number of carbonyl (C=O) groups excluding carboxylic acids is 7. The minimum absolute atomic E-state index is 0.0169. The highest BCUT2D eigenvalue weighted by Gasteiger charge is 2.55. The zero-order chi connectivity index (χ0) is 61.5. The van der Waals surface area contributed by atoms with Crippen molar-refractivity contribution in [3.63, 3.8) is 0 Å². The fourth-order valence-corrected chi connectivity index (χ4v) is 8.57. The molecule has 0 spiro atoms. The summed E-state index contributed by atoms with van der Waals surface area (Å²) in [6.07, 6.45) is -15.8. The molecule has 8 rings (SSSR count). The number of benzene rings is 7. The Morgan fingerprint density at radius 3 is 1.56 bits per heavy atom. The number of carboxylic acids is 1. The molecule has 1 fully saturated rings. The van der Waals surface area contributed by atoms with Gasteiger partial charge in [-0.3, -0.25) is 19.8 Å². The van der Waals surface area contributed by atoms with Gasteiger partial charge in [-0.05, 0) is 84.9 Å². The van der Waals surface area contributed by atoms with Crippen molar-refractivity contribution < 1.29 is 94.9 Å². The number of hydrogen-bond acceptors (Lipinski definition) is 17. The number of alkyl halides is 3. The van der Waals surface area contributed by atoms with Gasteiger partial charge < -0.3 is 65.1 Å². The molecule has 1 aliphatic heterocycles. The molecule has 6 atom stereocenters. The summed E-state index contributed by atoms with van der Waals surface area (Å²) in [5, 5.41) is 36.0. The quantitative estimate of drug-likeness (QED) is 0.0119. The molecule has 0 aromatic heterocycles. The number of nitrogens with two attached hydrogens (primary N) is 1. The number of guanidine groups is 1. The molecule has 0 bridgehead atoms. The molecule has 6 unspecified atom stereocenters. The second kappa shape index (κ2) is 27.8. The lowest BCUT2D eigenvalue weighted by molar-refractivity contribution is -0.275. The lowest BCUT2D eigenvalue weighted by Crippen LogP contribution is -2.64. The van der Waals surface area contributed by atoms with Crippen molar-refractivity contribution in [2.75, 3.05) is 18.5 Å². The van der Waals surface area contributed by atoms with E-state index in [4.69, 9.17) is 44.3 Å². The van der Waals surface area contributed by atoms with E-state index >= 15 is 0 Å². The molecule has 8 N–H and O–H groups in total. The van der Waals surface area contributed by atoms with Crippen LogP contribution in [0.1, 0.15) is 85.7 Å². The molecule has 1 saturated heterocycles. The van der Waals surface area contributed by atoms with E-state index in [1.807, 2.05) is 0 Å². The van der Waals surface area contributed by atoms with Crippen molar-refractivity contribution in [2.45, 2.75) is 49.3 Å². The third kappa shape index (κ3) is 16.1. The maximum atomic E-state index is 14.3. The van der Waals surface area contributed by atoms with E-state index in [-0.39, 0.29) is 27.8 Å². The topological polar surface area (TPSA) is 328 Å². The van der Waals surface area contributed by atoms with Crippen LogP contribution in [0.3, 0.4) is 0 Å². The molecule has 0 radical (unpaired) electrons. The van der Waals surface area contributed by atoms with Gasteiger partial charge in [-0.25, -0.2) is 24.0 Å². The number of carboxylic acid groups (broad SMARTS) is 1. The Morgan fingerprint density at radius 2 is 1.07 bits per heavy atom. The van der Waals surface area contributed by atoms with Crippen molar-refractivity contribution in [3.05, 3.63) is 226 Å². The maximum absolute atomic E-state index is 14.3. The Hall–Kier alpha value is -11.1. The van der Waals surface area contributed by atoms with Crippen LogP contribution in [0.15, 0.2) is 182 Å². The van der Waals surface area contributed by atoms with Crippen molar-refractivity contribution in [1.82, 2.24) is 10.6 Å². The summed E-state index contributed by atoms with van der Waals surface area (Å²) in [5.74, 6) is -12.1. The molecule has 7 aromatic rings. The number of hydrogen-bond donors (Lipinski definition) is 7. The minimum Gasteiger partial charge on any atom is -0.507 e. The molecule has 86 heavy (non-hydrogen) atoms. The second-order valence-corrected chi connectivity index (χ2v) is 18.7. The van der Waals surface area contributed by atoms with E-state index in [1.54, 1.807) is 42.5 Å². The Labute approximate surface area is 486 Å². The van der Waals surface area contributed by atoms with Gasteiger partial charge in [-0.1, -0.05) is 91.0 Å². The molecule has 22 nitrogen and oxygen atoms in total. The predicted octanol–water partition coefficient (Wildman–Crippen LogP) is 7.64. The molecular weight excluding hydrogens is 1130 g/mol. The molecule has 1 heterocycles. The Kier molecular flexibility index (Phi) is 19.7. The van der Waals surface area contributed by atoms with Crippen LogP contribution in [0.25, 0.3) is 0 Å². The van der Waals surface area contributed by atoms with E-state index < -0.39 is 156 Å². The monoisotopic (exact) mass is 1180 g/mol. The van der Waals surface area contributed by atoms with Crippen LogP contribution in [0.5, 0.6) is 17.2 Å². The summed E-state index contributed by atoms with van der Waals surface area (Å²) >= 11 is 0. The van der Waals surface area contributed by atoms with E-state index in [0.29, 0.717) is 12.1 Å². The number of halogens is 3. The highest BCUT2D eigenvalue weighted by atomic mass is 19.4. The van der Waals surface area contributed by atoms with Gasteiger partial charge in [0, 0.05) is 22.9 Å². The number of carbonyl (C=O) groups is 8. The average molecular weight is 1180 g/mol. The van der Waals surface area contributed by atoms with Crippen LogP contribution >= 0.6 is 0 Å². The number of nitrogens with one attached hydrogen (secondary N) is 4. The standard InChI is InChI=1S/C61H50F3N5O17/c62-61(63,64)40-26-39(27-41(28-40)68-60(65)66)53(74)67-32-48(71)69-43(30-49(72)73)42-29-45(46(31-44(42)70)81-55(76)35-18-8-2-9-19-35)82-59-52(86-58(79)38-24-14-5-15-25-38)51(85-57(78)37-22-12-4-13-23-37)50(84-56(77)36-20-10-3-11-21-36)47(83-59)33-80-54(75)34-16-6-1-7-17-34/h1-29,31,43,47,50-52,59,70H,30,32-33H2,(H,67,74)(H,69,71)(H,72,73)(H4,65,66,68). The summed E-state index contributed by atoms with van der Waals surface area (Å²) in [5.41, 5.74) is 2.33. The van der Waals surface area contributed by atoms with Crippen molar-refractivity contribution in [2.24, 2.45) is 5.73 Å². The molecule has 2 amide bonds. The van der Waals surface area contributed by atoms with Gasteiger partial charge in [0.15, 0.2) is 29.7 Å². The first-order valence-electron chi connectivity index (χ1n) is 25.8. The fraction of sp³-hybridized carbons (Fsp3) is 0.164. The zero-order valence-corrected chi connectivity index (χ0v) is 44.6. The first kappa shape index (κ1) is 61.0. The van der Waals surface area contributed by atoms with Crippen molar-refractivity contribution >= 4 is 59.3 Å². The summed E-state index contributed by atoms with van der Waals surface area (Å²) in [6.45, 7) is -1.83. The number of ether oxygens (including phenoxy) is 7. The molecule has 1 aliphatic rings. The van der Waals surface area contributed by atoms with Crippen molar-refractivity contribution in [3.8, 4) is 17.2 Å². The van der Waals surface area contributed by atoms with Gasteiger partial charge >= 0.3 is 42.0 Å². The van der Waals surface area contributed by atoms with Crippen LogP contribution < -0.4 is 31.2 Å². The summed E-state index contributed by atoms with van der Waals surface area (Å²) in [4.78, 5) is 110. The number of rotatable bonds is 21. The first-order chi connectivity index (χ1) is 41.2. The van der Waals surface area contributed by atoms with E-state index in [9.17, 15) is 61.7 Å². The molecule has 442 valence electrons. The molecule has 7 aromatic carbocycles. The van der Waals surface area contributed by atoms with Crippen LogP contribution in [-0.2, 0) is 39.4 Å². The first-order valence-corrected chi connectivity index (χ1v) is 25.8. The number of phenolic OH excluding ortho intramolecular Hbond substituents is 1. The van der Waals surface area contributed by atoms with Crippen LogP contribution in [-0.4, -0.2) is 108 Å². The largest absolute Gasteiger partial charge is 0.507 e. The van der Waals surface area contributed by atoms with Crippen LogP contribution in [0.4, 0.5) is 18.9 Å². The number of aliphatic carboxylic acids is 1. The van der Waals surface area contributed by atoms with Crippen LogP contribution in [0, 0.1) is 5.41 Å². The second-order valence-electron chi connectivity index (χ2n) is 18.7. The van der Waals surface area contributed by atoms with E-state index in [0.717, 1.165) is 18.2 Å². The lowest BCUT2D eigenvalue weighted by atomic mass is 9.97. The van der Waals surface area contributed by atoms with Crippen molar-refractivity contribution in [1.29, 1.82) is 5.41 Å². The van der Waals surface area contributed by atoms with E-state index in [2.05, 4.69) is 16.0 Å². The molecule has 0 aliphatic carbocycles. The Morgan fingerprint density at radius 1 is 0.593 bits per heavy atom. The lowest BCUT2D eigenvalue weighted by Gasteiger charge is -2.44. The Balaban J connectivity index is 1.22. The highest BCUT2D eigenvalue weighted by Crippen LogP contribution is 2.42.